The Bertz CT molecular complexity index is 2440. The zero-order chi connectivity index (χ0) is 42.0. The number of aromatic carboxylic acids is 1. The summed E-state index contributed by atoms with van der Waals surface area (Å²) in [5.74, 6) is 0.218. The number of halogens is 1. The molecule has 4 aliphatic carbocycles. The summed E-state index contributed by atoms with van der Waals surface area (Å²) in [4.78, 5) is 24.2. The summed E-state index contributed by atoms with van der Waals surface area (Å²) in [6, 6.07) is 8.53. The van der Waals surface area contributed by atoms with Crippen molar-refractivity contribution in [2.75, 3.05) is 43.1 Å². The first-order valence-electron chi connectivity index (χ1n) is 21.1. The molecule has 60 heavy (non-hydrogen) atoms. The summed E-state index contributed by atoms with van der Waals surface area (Å²) < 4.78 is 23.8. The minimum absolute atomic E-state index is 0.00872. The lowest BCUT2D eigenvalue weighted by atomic mass is 9.39. The number of thiazole rings is 1. The van der Waals surface area contributed by atoms with Crippen molar-refractivity contribution in [2.24, 2.45) is 16.2 Å². The van der Waals surface area contributed by atoms with Crippen molar-refractivity contribution in [3.63, 3.8) is 0 Å². The molecule has 5 N–H and O–H groups in total. The Labute approximate surface area is 352 Å². The number of carboxylic acid groups (broad SMARTS) is 1. The molecular formula is C44H54FN9O5S. The monoisotopic (exact) mass is 839 g/mol. The third-order valence-electron chi connectivity index (χ3n) is 13.4. The summed E-state index contributed by atoms with van der Waals surface area (Å²) in [5.41, 5.74) is 4.68. The highest BCUT2D eigenvalue weighted by molar-refractivity contribution is 7.22. The van der Waals surface area contributed by atoms with Crippen LogP contribution in [-0.4, -0.2) is 95.8 Å². The molecule has 4 fully saturated rings. The van der Waals surface area contributed by atoms with Gasteiger partial charge in [0.05, 0.1) is 41.3 Å². The van der Waals surface area contributed by atoms with Gasteiger partial charge in [-0.15, -0.1) is 10.2 Å². The van der Waals surface area contributed by atoms with Crippen molar-refractivity contribution in [1.82, 2.24) is 35.3 Å². The van der Waals surface area contributed by atoms with Crippen molar-refractivity contribution < 1.29 is 29.2 Å². The number of rotatable bonds is 15. The minimum atomic E-state index is -1.12. The Hall–Kier alpha value is -4.61. The molecule has 0 spiro atoms. The molecule has 1 aliphatic heterocycles. The molecule has 16 heteroatoms. The van der Waals surface area contributed by atoms with Crippen LogP contribution in [0.2, 0.25) is 0 Å². The Morgan fingerprint density at radius 2 is 1.82 bits per heavy atom. The lowest BCUT2D eigenvalue weighted by Crippen LogP contribution is -2.64. The van der Waals surface area contributed by atoms with Gasteiger partial charge in [0.1, 0.15) is 11.6 Å². The van der Waals surface area contributed by atoms with Crippen LogP contribution < -0.4 is 15.5 Å². The molecule has 0 amide bonds. The first-order chi connectivity index (χ1) is 28.7. The number of anilines is 4. The fourth-order valence-electron chi connectivity index (χ4n) is 12.1. The van der Waals surface area contributed by atoms with Crippen molar-refractivity contribution in [3.8, 4) is 11.1 Å². The third kappa shape index (κ3) is 7.54. The molecule has 4 bridgehead atoms. The highest BCUT2D eigenvalue weighted by atomic mass is 32.1. The van der Waals surface area contributed by atoms with E-state index in [0.29, 0.717) is 71.0 Å². The van der Waals surface area contributed by atoms with Crippen LogP contribution in [0.3, 0.4) is 0 Å². The van der Waals surface area contributed by atoms with Gasteiger partial charge in [-0.05, 0) is 119 Å². The second-order valence-corrected chi connectivity index (χ2v) is 19.7. The number of benzene rings is 1. The number of nitrogens with one attached hydrogen (secondary N) is 2. The predicted molar refractivity (Wildman–Crippen MR) is 228 cm³/mol. The fraction of sp³-hybridized carbons (Fsp3) is 0.545. The second-order valence-electron chi connectivity index (χ2n) is 18.7. The normalized spacial score (nSPS) is 26.1. The van der Waals surface area contributed by atoms with Crippen LogP contribution in [0.1, 0.15) is 92.5 Å². The number of aromatic nitrogens is 6. The maximum Gasteiger partial charge on any atom is 0.355 e. The number of carboxylic acids is 1. The van der Waals surface area contributed by atoms with Gasteiger partial charge in [0.2, 0.25) is 0 Å². The van der Waals surface area contributed by atoms with Gasteiger partial charge in [0.15, 0.2) is 22.5 Å². The summed E-state index contributed by atoms with van der Waals surface area (Å²) >= 11 is 1.22. The van der Waals surface area contributed by atoms with E-state index in [9.17, 15) is 19.4 Å². The largest absolute Gasteiger partial charge is 0.476 e. The average molecular weight is 840 g/mol. The van der Waals surface area contributed by atoms with E-state index in [1.807, 2.05) is 30.9 Å². The van der Waals surface area contributed by atoms with Crippen molar-refractivity contribution in [3.05, 3.63) is 64.9 Å². The number of aliphatic hydroxyl groups excluding tert-OH is 2. The maximum absolute atomic E-state index is 14.4. The van der Waals surface area contributed by atoms with Gasteiger partial charge in [-0.3, -0.25) is 4.68 Å². The van der Waals surface area contributed by atoms with Crippen LogP contribution >= 0.6 is 11.3 Å². The van der Waals surface area contributed by atoms with E-state index < -0.39 is 12.1 Å². The lowest BCUT2D eigenvalue weighted by molar-refractivity contribution is -0.247. The number of aliphatic hydroxyl groups is 2. The van der Waals surface area contributed by atoms with Crippen LogP contribution in [0.4, 0.5) is 27.0 Å². The number of hydrogen-bond acceptors (Lipinski definition) is 13. The van der Waals surface area contributed by atoms with Crippen LogP contribution in [0.5, 0.6) is 0 Å². The number of ether oxygens (including phenoxy) is 1. The number of fused-ring (bicyclic) bond motifs is 2. The number of carbonyl (C=O) groups is 1. The summed E-state index contributed by atoms with van der Waals surface area (Å²) in [6.45, 7) is 11.8. The van der Waals surface area contributed by atoms with E-state index in [1.54, 1.807) is 18.3 Å². The molecule has 0 radical (unpaired) electrons. The molecule has 5 aliphatic rings. The van der Waals surface area contributed by atoms with E-state index >= 15 is 0 Å². The van der Waals surface area contributed by atoms with Gasteiger partial charge >= 0.3 is 5.97 Å². The summed E-state index contributed by atoms with van der Waals surface area (Å²) in [7, 11) is 0. The Morgan fingerprint density at radius 3 is 2.57 bits per heavy atom. The van der Waals surface area contributed by atoms with Gasteiger partial charge in [-0.25, -0.2) is 19.2 Å². The standard InChI is InChI=1S/C44H54FN9O5S/c1-26-29-7-6-15-53(38(29)52-51-37(26)50-40-48-33-9-5-8-32(45)36(33)60-40)34-11-10-30(35(49-34)39(57)58)31-17-47-54(27(31)2)25-43-20-41(3)19-42(4,21-43)23-44(22-41,24-43)59-16-14-46-13-12-28(56)18-55/h5,8-11,17,28,46,55-56H,6-7,12-16,18-25H2,1-4H3,(H,57,58)(H,48,50,51)/t28-,41?,42?,43?,44?/m1/s1. The molecule has 14 nitrogen and oxygen atoms in total. The SMILES string of the molecule is Cc1c(Nc2nc3cccc(F)c3s2)nnc2c1CCCN2c1ccc(-c2cnn(CC34CC5(C)CC(C)(C3)CC(OCCNCC[C@@H](O)CO)(C5)C4)c2C)c(C(=O)O)n1. The molecule has 2 unspecified atom stereocenters. The van der Waals surface area contributed by atoms with E-state index in [-0.39, 0.29) is 40.0 Å². The van der Waals surface area contributed by atoms with E-state index in [2.05, 4.69) is 44.3 Å². The minimum Gasteiger partial charge on any atom is -0.476 e. The van der Waals surface area contributed by atoms with Gasteiger partial charge in [0.25, 0.3) is 0 Å². The molecule has 0 saturated heterocycles. The molecule has 10 rings (SSSR count). The molecule has 5 aromatic rings. The Morgan fingerprint density at radius 1 is 1.02 bits per heavy atom. The van der Waals surface area contributed by atoms with E-state index in [0.717, 1.165) is 73.9 Å². The highest BCUT2D eigenvalue weighted by Crippen LogP contribution is 2.72. The van der Waals surface area contributed by atoms with Gasteiger partial charge < -0.3 is 35.6 Å². The molecule has 4 aromatic heterocycles. The number of hydrogen-bond donors (Lipinski definition) is 5. The number of nitrogens with zero attached hydrogens (tertiary/aromatic N) is 7. The van der Waals surface area contributed by atoms with Gasteiger partial charge in [0, 0.05) is 47.6 Å². The lowest BCUT2D eigenvalue weighted by Gasteiger charge is -2.69. The third-order valence-corrected chi connectivity index (χ3v) is 14.4. The molecular weight excluding hydrogens is 786 g/mol. The maximum atomic E-state index is 14.4. The highest BCUT2D eigenvalue weighted by Gasteiger charge is 2.66. The molecule has 3 atom stereocenters. The molecule has 1 aromatic carbocycles. The van der Waals surface area contributed by atoms with E-state index in [1.165, 1.54) is 23.8 Å². The quantitative estimate of drug-likeness (QED) is 0.0674. The number of pyridine rings is 1. The fourth-order valence-corrected chi connectivity index (χ4v) is 13.0. The van der Waals surface area contributed by atoms with Crippen LogP contribution in [-0.2, 0) is 17.7 Å². The second kappa shape index (κ2) is 15.4. The Balaban J connectivity index is 0.941. The van der Waals surface area contributed by atoms with Gasteiger partial charge in [-0.1, -0.05) is 31.3 Å². The van der Waals surface area contributed by atoms with Gasteiger partial charge in [-0.2, -0.15) is 5.10 Å². The van der Waals surface area contributed by atoms with Crippen molar-refractivity contribution in [2.45, 2.75) is 104 Å². The van der Waals surface area contributed by atoms with Crippen LogP contribution in [0, 0.1) is 35.9 Å². The average Bonchev–Trinajstić information content (AvgIpc) is 3.78. The molecule has 5 heterocycles. The van der Waals surface area contributed by atoms with Crippen LogP contribution in [0.15, 0.2) is 36.5 Å². The first kappa shape index (κ1) is 40.8. The molecule has 4 saturated carbocycles. The zero-order valence-corrected chi connectivity index (χ0v) is 35.5. The smallest absolute Gasteiger partial charge is 0.355 e. The van der Waals surface area contributed by atoms with E-state index in [4.69, 9.17) is 19.9 Å². The summed E-state index contributed by atoms with van der Waals surface area (Å²) in [5, 5.41) is 50.5. The topological polar surface area (TPSA) is 184 Å². The zero-order valence-electron chi connectivity index (χ0n) is 34.7. The first-order valence-corrected chi connectivity index (χ1v) is 21.9. The van der Waals surface area contributed by atoms with Crippen molar-refractivity contribution >= 4 is 50.1 Å². The summed E-state index contributed by atoms with van der Waals surface area (Å²) in [6.07, 6.45) is 9.58. The molecule has 318 valence electrons. The van der Waals surface area contributed by atoms with Crippen LogP contribution in [0.25, 0.3) is 21.3 Å². The predicted octanol–water partition coefficient (Wildman–Crippen LogP) is 7.10. The van der Waals surface area contributed by atoms with Crippen molar-refractivity contribution in [1.29, 1.82) is 0 Å². The Kier molecular flexibility index (Phi) is 10.5.